The number of alkyl halides is 8. The van der Waals surface area contributed by atoms with Crippen LogP contribution in [-0.2, 0) is 61.1 Å². The van der Waals surface area contributed by atoms with Crippen LogP contribution in [0, 0.1) is 29.4 Å². The summed E-state index contributed by atoms with van der Waals surface area (Å²) in [5.41, 5.74) is -0.0745. The standard InChI is InChI=1S/C42H37ClF10N8O6S2/c1-19(54)38(63)61(69(5,66)67)37-32-28(43)9-8-25(34(32)60(58-37)18-40(46,47)48)24-7-6-23(10-11-39(2,3)68(4,64)65)55-33(24)29(14-20-12-21(44)15-22(45)13-20)56-30(62)17-59-36-31(35(57-59)42(51,52)53)26-16-27(26)41(36,49)50/h6-9,12-13,15,19,26-27,29H,14,16-18,54H2,1-5H3,(H,56,62)/t19-,26-,27?,29-/m0/s1. The molecule has 0 bridgehead atoms. The molecule has 5 aromatic rings. The Balaban J connectivity index is 1.49. The van der Waals surface area contributed by atoms with Crippen molar-refractivity contribution >= 4 is 60.0 Å². The van der Waals surface area contributed by atoms with Crippen molar-refractivity contribution in [1.82, 2.24) is 29.9 Å². The minimum Gasteiger partial charge on any atom is -0.346 e. The lowest BCUT2D eigenvalue weighted by atomic mass is 9.93. The highest BCUT2D eigenvalue weighted by Crippen LogP contribution is 2.68. The van der Waals surface area contributed by atoms with Crippen molar-refractivity contribution in [1.29, 1.82) is 0 Å². The van der Waals surface area contributed by atoms with Crippen LogP contribution >= 0.6 is 11.6 Å². The molecule has 7 rings (SSSR count). The van der Waals surface area contributed by atoms with Gasteiger partial charge in [-0.15, -0.1) is 0 Å². The molecule has 1 saturated carbocycles. The van der Waals surface area contributed by atoms with Gasteiger partial charge in [0.1, 0.15) is 40.9 Å². The SMILES string of the molecule is C[C@H](N)C(=O)N(c1nn(CC(F)(F)F)c2c(-c3ccc(C#CC(C)(C)S(C)(=O)=O)nc3[C@H](Cc3cc(F)cc(F)c3)NC(=O)Cn3nc(C(F)(F)F)c4c3C(F)(F)C3C[C@H]43)ccc(Cl)c12)S(C)(=O)=O. The van der Waals surface area contributed by atoms with Crippen LogP contribution in [0.3, 0.4) is 0 Å². The summed E-state index contributed by atoms with van der Waals surface area (Å²) in [6, 6.07) is 3.24. The van der Waals surface area contributed by atoms with Crippen LogP contribution < -0.4 is 15.4 Å². The number of aromatic nitrogens is 5. The van der Waals surface area contributed by atoms with Gasteiger partial charge in [0.2, 0.25) is 15.9 Å². The number of sulfone groups is 1. The Bertz CT molecular complexity index is 3230. The van der Waals surface area contributed by atoms with Gasteiger partial charge in [-0.05, 0) is 81.3 Å². The molecular weight excluding hydrogens is 1000 g/mol. The fourth-order valence-corrected chi connectivity index (χ4v) is 9.42. The third-order valence-corrected chi connectivity index (χ3v) is 14.7. The van der Waals surface area contributed by atoms with Gasteiger partial charge in [0.15, 0.2) is 21.3 Å². The number of carbonyl (C=O) groups is 2. The highest BCUT2D eigenvalue weighted by molar-refractivity contribution is 7.93. The number of hydrogen-bond acceptors (Lipinski definition) is 10. The molecule has 69 heavy (non-hydrogen) atoms. The van der Waals surface area contributed by atoms with Crippen molar-refractivity contribution in [3.63, 3.8) is 0 Å². The maximum absolute atomic E-state index is 15.5. The molecule has 1 unspecified atom stereocenters. The van der Waals surface area contributed by atoms with Crippen molar-refractivity contribution in [2.75, 3.05) is 16.8 Å². The van der Waals surface area contributed by atoms with Gasteiger partial charge in [-0.1, -0.05) is 23.6 Å². The monoisotopic (exact) mass is 1040 g/mol. The molecule has 27 heteroatoms. The van der Waals surface area contributed by atoms with E-state index in [9.17, 15) is 61.5 Å². The predicted octanol–water partition coefficient (Wildman–Crippen LogP) is 6.93. The zero-order valence-electron chi connectivity index (χ0n) is 36.4. The zero-order valence-corrected chi connectivity index (χ0v) is 38.8. The van der Waals surface area contributed by atoms with Gasteiger partial charge in [0.25, 0.3) is 11.8 Å². The van der Waals surface area contributed by atoms with Gasteiger partial charge in [-0.25, -0.2) is 30.6 Å². The van der Waals surface area contributed by atoms with E-state index in [4.69, 9.17) is 17.3 Å². The number of anilines is 1. The molecule has 0 saturated heterocycles. The summed E-state index contributed by atoms with van der Waals surface area (Å²) in [5.74, 6) is -7.30. The minimum atomic E-state index is -5.22. The third kappa shape index (κ3) is 10.00. The number of amides is 2. The largest absolute Gasteiger partial charge is 0.435 e. The molecule has 3 aromatic heterocycles. The van der Waals surface area contributed by atoms with Crippen LogP contribution in [0.1, 0.15) is 73.1 Å². The Morgan fingerprint density at radius 1 is 0.971 bits per heavy atom. The number of carbonyl (C=O) groups excluding carboxylic acids is 2. The molecule has 2 aliphatic rings. The van der Waals surface area contributed by atoms with E-state index < -0.39 is 154 Å². The number of fused-ring (bicyclic) bond motifs is 4. The van der Waals surface area contributed by atoms with Crippen LogP contribution in [-0.4, -0.2) is 82.7 Å². The molecule has 2 aromatic carbocycles. The highest BCUT2D eigenvalue weighted by Gasteiger charge is 2.68. The molecule has 3 heterocycles. The molecule has 370 valence electrons. The Morgan fingerprint density at radius 3 is 2.16 bits per heavy atom. The molecule has 4 atom stereocenters. The molecule has 2 amide bonds. The van der Waals surface area contributed by atoms with Crippen LogP contribution in [0.25, 0.3) is 22.0 Å². The first kappa shape index (κ1) is 51.1. The minimum absolute atomic E-state index is 0.0503. The smallest absolute Gasteiger partial charge is 0.346 e. The number of pyridine rings is 1. The average molecular weight is 1040 g/mol. The second-order valence-corrected chi connectivity index (χ2v) is 22.0. The van der Waals surface area contributed by atoms with E-state index in [1.807, 2.05) is 0 Å². The van der Waals surface area contributed by atoms with Gasteiger partial charge in [0, 0.05) is 34.9 Å². The Hall–Kier alpha value is -5.78. The molecule has 14 nitrogen and oxygen atoms in total. The lowest BCUT2D eigenvalue weighted by molar-refractivity contribution is -0.143. The van der Waals surface area contributed by atoms with E-state index in [2.05, 4.69) is 32.3 Å². The number of nitrogens with one attached hydrogen (secondary N) is 1. The predicted molar refractivity (Wildman–Crippen MR) is 229 cm³/mol. The summed E-state index contributed by atoms with van der Waals surface area (Å²) in [6.07, 6.45) is -9.87. The Labute approximate surface area is 391 Å². The normalized spacial score (nSPS) is 17.7. The Kier molecular flexibility index (Phi) is 12.8. The Morgan fingerprint density at radius 2 is 1.59 bits per heavy atom. The molecule has 0 aliphatic heterocycles. The van der Waals surface area contributed by atoms with Gasteiger partial charge in [-0.3, -0.25) is 19.0 Å². The highest BCUT2D eigenvalue weighted by atomic mass is 35.5. The number of hydrogen-bond donors (Lipinski definition) is 2. The maximum atomic E-state index is 15.5. The molecule has 2 aliphatic carbocycles. The maximum Gasteiger partial charge on any atom is 0.435 e. The lowest BCUT2D eigenvalue weighted by Crippen LogP contribution is -2.45. The van der Waals surface area contributed by atoms with Crippen LogP contribution in [0.15, 0.2) is 42.5 Å². The molecule has 0 spiro atoms. The van der Waals surface area contributed by atoms with Crippen LogP contribution in [0.5, 0.6) is 0 Å². The molecule has 3 N–H and O–H groups in total. The van der Waals surface area contributed by atoms with E-state index in [1.165, 1.54) is 13.8 Å². The quantitative estimate of drug-likeness (QED) is 0.0979. The first-order valence-corrected chi connectivity index (χ1v) is 24.3. The van der Waals surface area contributed by atoms with E-state index in [-0.39, 0.29) is 42.5 Å². The van der Waals surface area contributed by atoms with Crippen LogP contribution in [0.4, 0.5) is 49.7 Å². The number of halogens is 11. The zero-order chi connectivity index (χ0) is 51.3. The van der Waals surface area contributed by atoms with Crippen LogP contribution in [0.2, 0.25) is 5.02 Å². The van der Waals surface area contributed by atoms with Crippen molar-refractivity contribution in [2.45, 2.75) is 87.7 Å². The van der Waals surface area contributed by atoms with E-state index in [1.54, 1.807) is 0 Å². The topological polar surface area (TPSA) is 192 Å². The fourth-order valence-electron chi connectivity index (χ4n) is 8.01. The van der Waals surface area contributed by atoms with Crippen molar-refractivity contribution in [3.05, 3.63) is 93.0 Å². The lowest BCUT2D eigenvalue weighted by Gasteiger charge is -2.23. The summed E-state index contributed by atoms with van der Waals surface area (Å²) in [7, 11) is -8.64. The number of sulfonamides is 1. The summed E-state index contributed by atoms with van der Waals surface area (Å²) in [5, 5.41) is 8.66. The average Bonchev–Trinajstić information content (AvgIpc) is 3.71. The third-order valence-electron chi connectivity index (χ3n) is 11.4. The molecular formula is C42H37ClF10N8O6S2. The summed E-state index contributed by atoms with van der Waals surface area (Å²) >= 11 is 6.58. The van der Waals surface area contributed by atoms with Gasteiger partial charge in [0.05, 0.1) is 40.0 Å². The van der Waals surface area contributed by atoms with E-state index >= 15 is 8.78 Å². The number of nitrogens with zero attached hydrogens (tertiary/aromatic N) is 6. The van der Waals surface area contributed by atoms with Gasteiger partial charge in [-0.2, -0.15) is 49.6 Å². The first-order chi connectivity index (χ1) is 31.6. The van der Waals surface area contributed by atoms with Gasteiger partial charge < -0.3 is 11.1 Å². The summed E-state index contributed by atoms with van der Waals surface area (Å²) in [4.78, 5) is 32.0. The van der Waals surface area contributed by atoms with E-state index in [0.29, 0.717) is 12.3 Å². The number of nitrogens with two attached hydrogens (primary N) is 1. The molecule has 0 radical (unpaired) electrons. The second-order valence-electron chi connectivity index (χ2n) is 17.2. The number of rotatable bonds is 12. The summed E-state index contributed by atoms with van der Waals surface area (Å²) in [6.45, 7) is 0.311. The van der Waals surface area contributed by atoms with E-state index in [0.717, 1.165) is 49.6 Å². The fraction of sp³-hybridized carbons (Fsp3) is 0.405. The van der Waals surface area contributed by atoms with Crippen molar-refractivity contribution < 1.29 is 70.3 Å². The second kappa shape index (κ2) is 17.3. The van der Waals surface area contributed by atoms with Crippen molar-refractivity contribution in [3.8, 4) is 23.0 Å². The molecule has 1 fully saturated rings. The summed E-state index contributed by atoms with van der Waals surface area (Å²) < 4.78 is 197. The van der Waals surface area contributed by atoms with Crippen molar-refractivity contribution in [2.24, 2.45) is 11.7 Å². The first-order valence-electron chi connectivity index (χ1n) is 20.2. The van der Waals surface area contributed by atoms with Gasteiger partial charge >= 0.3 is 12.4 Å². The number of benzene rings is 2.